The fourth-order valence-electron chi connectivity index (χ4n) is 2.02. The van der Waals surface area contributed by atoms with Gasteiger partial charge >= 0.3 is 0 Å². The van der Waals surface area contributed by atoms with Crippen molar-refractivity contribution in [3.8, 4) is 5.75 Å². The van der Waals surface area contributed by atoms with E-state index in [-0.39, 0.29) is 19.3 Å². The molecule has 0 unspecified atom stereocenters. The first-order valence-electron chi connectivity index (χ1n) is 7.15. The third-order valence-electron chi connectivity index (χ3n) is 3.22. The Balaban J connectivity index is 2.56. The number of hydrogen-bond acceptors (Lipinski definition) is 3. The molecule has 1 aromatic carbocycles. The molecule has 0 spiro atoms. The standard InChI is InChI=1S/C16H26O3/c1-13(2)14-7-9-16(10-8-14)19-15(5-3-11-17)6-4-12-18/h7-10,13,15,17-18H,3-6,11-12H2,1-2H3. The highest BCUT2D eigenvalue weighted by atomic mass is 16.5. The van der Waals surface area contributed by atoms with E-state index in [4.69, 9.17) is 14.9 Å². The van der Waals surface area contributed by atoms with Crippen LogP contribution in [0.5, 0.6) is 5.75 Å². The second-order valence-corrected chi connectivity index (χ2v) is 5.20. The van der Waals surface area contributed by atoms with Crippen molar-refractivity contribution >= 4 is 0 Å². The Morgan fingerprint density at radius 1 is 0.947 bits per heavy atom. The zero-order chi connectivity index (χ0) is 14.1. The summed E-state index contributed by atoms with van der Waals surface area (Å²) in [6, 6.07) is 8.19. The summed E-state index contributed by atoms with van der Waals surface area (Å²) in [4.78, 5) is 0. The predicted molar refractivity (Wildman–Crippen MR) is 77.6 cm³/mol. The van der Waals surface area contributed by atoms with Crippen molar-refractivity contribution in [2.45, 2.75) is 51.6 Å². The predicted octanol–water partition coefficient (Wildman–Crippen LogP) is 3.10. The first kappa shape index (κ1) is 16.0. The molecule has 0 aliphatic rings. The molecule has 3 nitrogen and oxygen atoms in total. The topological polar surface area (TPSA) is 49.7 Å². The van der Waals surface area contributed by atoms with E-state index >= 15 is 0 Å². The Kier molecular flexibility index (Phi) is 7.53. The molecule has 1 rings (SSSR count). The lowest BCUT2D eigenvalue weighted by atomic mass is 10.0. The van der Waals surface area contributed by atoms with E-state index in [1.165, 1.54) is 5.56 Å². The SMILES string of the molecule is CC(C)c1ccc(OC(CCCO)CCCO)cc1. The lowest BCUT2D eigenvalue weighted by Crippen LogP contribution is -2.17. The molecule has 0 aliphatic carbocycles. The number of ether oxygens (including phenoxy) is 1. The maximum Gasteiger partial charge on any atom is 0.119 e. The molecular weight excluding hydrogens is 240 g/mol. The van der Waals surface area contributed by atoms with Crippen LogP contribution in [0.2, 0.25) is 0 Å². The average Bonchev–Trinajstić information content (AvgIpc) is 2.42. The number of aliphatic hydroxyl groups excluding tert-OH is 2. The van der Waals surface area contributed by atoms with Gasteiger partial charge in [-0.3, -0.25) is 0 Å². The maximum absolute atomic E-state index is 8.90. The van der Waals surface area contributed by atoms with Crippen molar-refractivity contribution in [3.05, 3.63) is 29.8 Å². The van der Waals surface area contributed by atoms with Crippen LogP contribution in [-0.2, 0) is 0 Å². The molecule has 108 valence electrons. The van der Waals surface area contributed by atoms with Gasteiger partial charge in [0.05, 0.1) is 6.10 Å². The smallest absolute Gasteiger partial charge is 0.119 e. The largest absolute Gasteiger partial charge is 0.490 e. The Morgan fingerprint density at radius 2 is 1.47 bits per heavy atom. The quantitative estimate of drug-likeness (QED) is 0.722. The normalized spacial score (nSPS) is 11.3. The Hall–Kier alpha value is -1.06. The molecule has 0 aromatic heterocycles. The molecular formula is C16H26O3. The molecule has 0 radical (unpaired) electrons. The summed E-state index contributed by atoms with van der Waals surface area (Å²) in [6.07, 6.45) is 3.19. The summed E-state index contributed by atoms with van der Waals surface area (Å²) in [5, 5.41) is 17.8. The lowest BCUT2D eigenvalue weighted by molar-refractivity contribution is 0.151. The van der Waals surface area contributed by atoms with Gasteiger partial charge in [-0.2, -0.15) is 0 Å². The van der Waals surface area contributed by atoms with Crippen molar-refractivity contribution in [1.82, 2.24) is 0 Å². The minimum atomic E-state index is 0.0733. The van der Waals surface area contributed by atoms with Gasteiger partial charge in [0.2, 0.25) is 0 Å². The van der Waals surface area contributed by atoms with Crippen LogP contribution in [0.25, 0.3) is 0 Å². The number of rotatable bonds is 9. The highest BCUT2D eigenvalue weighted by molar-refractivity contribution is 5.29. The van der Waals surface area contributed by atoms with Crippen LogP contribution in [0.3, 0.4) is 0 Å². The summed E-state index contributed by atoms with van der Waals surface area (Å²) >= 11 is 0. The second-order valence-electron chi connectivity index (χ2n) is 5.20. The number of benzene rings is 1. The summed E-state index contributed by atoms with van der Waals surface area (Å²) in [6.45, 7) is 4.71. The minimum absolute atomic E-state index is 0.0733. The Morgan fingerprint density at radius 3 is 1.89 bits per heavy atom. The highest BCUT2D eigenvalue weighted by Crippen LogP contribution is 2.21. The van der Waals surface area contributed by atoms with Gasteiger partial charge in [-0.15, -0.1) is 0 Å². The fraction of sp³-hybridized carbons (Fsp3) is 0.625. The molecule has 1 aromatic rings. The molecule has 0 saturated heterocycles. The van der Waals surface area contributed by atoms with Crippen LogP contribution >= 0.6 is 0 Å². The molecule has 0 fully saturated rings. The Labute approximate surface area is 116 Å². The maximum atomic E-state index is 8.90. The van der Waals surface area contributed by atoms with Gasteiger partial charge in [-0.1, -0.05) is 26.0 Å². The number of aliphatic hydroxyl groups is 2. The van der Waals surface area contributed by atoms with Crippen molar-refractivity contribution in [3.63, 3.8) is 0 Å². The molecule has 0 aliphatic heterocycles. The van der Waals surface area contributed by atoms with Gasteiger partial charge < -0.3 is 14.9 Å². The van der Waals surface area contributed by atoms with Crippen molar-refractivity contribution in [2.24, 2.45) is 0 Å². The molecule has 0 bridgehead atoms. The van der Waals surface area contributed by atoms with Crippen molar-refractivity contribution in [1.29, 1.82) is 0 Å². The van der Waals surface area contributed by atoms with Crippen molar-refractivity contribution in [2.75, 3.05) is 13.2 Å². The summed E-state index contributed by atoms with van der Waals surface area (Å²) in [7, 11) is 0. The summed E-state index contributed by atoms with van der Waals surface area (Å²) in [5.41, 5.74) is 1.30. The van der Waals surface area contributed by atoms with E-state index in [1.807, 2.05) is 12.1 Å². The van der Waals surface area contributed by atoms with Gasteiger partial charge in [-0.25, -0.2) is 0 Å². The van der Waals surface area contributed by atoms with Gasteiger partial charge in [-0.05, 0) is 49.3 Å². The first-order chi connectivity index (χ1) is 9.17. The van der Waals surface area contributed by atoms with E-state index in [9.17, 15) is 0 Å². The van der Waals surface area contributed by atoms with Crippen LogP contribution in [0, 0.1) is 0 Å². The fourth-order valence-corrected chi connectivity index (χ4v) is 2.02. The van der Waals surface area contributed by atoms with Crippen LogP contribution < -0.4 is 4.74 Å². The van der Waals surface area contributed by atoms with Gasteiger partial charge in [0.15, 0.2) is 0 Å². The molecule has 0 heterocycles. The van der Waals surface area contributed by atoms with Gasteiger partial charge in [0.1, 0.15) is 5.75 Å². The third kappa shape index (κ3) is 6.08. The van der Waals surface area contributed by atoms with Crippen LogP contribution in [0.4, 0.5) is 0 Å². The molecule has 0 saturated carbocycles. The molecule has 3 heteroatoms. The van der Waals surface area contributed by atoms with Gasteiger partial charge in [0, 0.05) is 13.2 Å². The van der Waals surface area contributed by atoms with E-state index in [2.05, 4.69) is 26.0 Å². The summed E-state index contributed by atoms with van der Waals surface area (Å²) in [5.74, 6) is 1.39. The summed E-state index contributed by atoms with van der Waals surface area (Å²) < 4.78 is 5.93. The minimum Gasteiger partial charge on any atom is -0.490 e. The van der Waals surface area contributed by atoms with Crippen LogP contribution in [-0.4, -0.2) is 29.5 Å². The zero-order valence-electron chi connectivity index (χ0n) is 12.0. The lowest BCUT2D eigenvalue weighted by Gasteiger charge is -2.19. The molecule has 0 amide bonds. The third-order valence-corrected chi connectivity index (χ3v) is 3.22. The van der Waals surface area contributed by atoms with Crippen LogP contribution in [0.15, 0.2) is 24.3 Å². The van der Waals surface area contributed by atoms with Crippen LogP contribution in [0.1, 0.15) is 51.0 Å². The molecule has 0 atom stereocenters. The van der Waals surface area contributed by atoms with E-state index < -0.39 is 0 Å². The van der Waals surface area contributed by atoms with E-state index in [0.29, 0.717) is 5.92 Å². The van der Waals surface area contributed by atoms with Crippen molar-refractivity contribution < 1.29 is 14.9 Å². The average molecular weight is 266 g/mol. The Bertz CT molecular complexity index is 324. The monoisotopic (exact) mass is 266 g/mol. The molecule has 19 heavy (non-hydrogen) atoms. The molecule has 2 N–H and O–H groups in total. The van der Waals surface area contributed by atoms with E-state index in [0.717, 1.165) is 31.4 Å². The number of hydrogen-bond donors (Lipinski definition) is 2. The highest BCUT2D eigenvalue weighted by Gasteiger charge is 2.10. The zero-order valence-corrected chi connectivity index (χ0v) is 12.0. The second kappa shape index (κ2) is 8.94. The van der Waals surface area contributed by atoms with E-state index in [1.54, 1.807) is 0 Å². The first-order valence-corrected chi connectivity index (χ1v) is 7.15. The van der Waals surface area contributed by atoms with Gasteiger partial charge in [0.25, 0.3) is 0 Å².